The number of benzene rings is 1. The Bertz CT molecular complexity index is 899. The van der Waals surface area contributed by atoms with Crippen LogP contribution in [0.4, 0.5) is 26.2 Å². The molecule has 0 saturated carbocycles. The highest BCUT2D eigenvalue weighted by molar-refractivity contribution is 5.90. The summed E-state index contributed by atoms with van der Waals surface area (Å²) in [6, 6.07) is 5.20. The second-order valence-corrected chi connectivity index (χ2v) is 6.03. The zero-order valence-corrected chi connectivity index (χ0v) is 13.2. The highest BCUT2D eigenvalue weighted by Crippen LogP contribution is 2.29. The molecule has 124 valence electrons. The lowest BCUT2D eigenvalue weighted by Gasteiger charge is -2.17. The van der Waals surface area contributed by atoms with Gasteiger partial charge in [-0.2, -0.15) is 9.97 Å². The van der Waals surface area contributed by atoms with Gasteiger partial charge in [0.1, 0.15) is 23.1 Å². The first-order valence-corrected chi connectivity index (χ1v) is 7.94. The number of aryl methyl sites for hydroxylation is 1. The number of rotatable bonds is 3. The lowest BCUT2D eigenvalue weighted by atomic mass is 10.2. The summed E-state index contributed by atoms with van der Waals surface area (Å²) < 4.78 is 27.4. The van der Waals surface area contributed by atoms with Crippen LogP contribution in [-0.4, -0.2) is 28.0 Å². The molecule has 0 spiro atoms. The van der Waals surface area contributed by atoms with E-state index in [4.69, 9.17) is 0 Å². The first-order valence-electron chi connectivity index (χ1n) is 7.94. The number of hydrogen-bond donors (Lipinski definition) is 2. The van der Waals surface area contributed by atoms with Gasteiger partial charge in [-0.1, -0.05) is 0 Å². The van der Waals surface area contributed by atoms with Gasteiger partial charge >= 0.3 is 0 Å². The highest BCUT2D eigenvalue weighted by Gasteiger charge is 2.19. The summed E-state index contributed by atoms with van der Waals surface area (Å²) >= 11 is 0. The zero-order chi connectivity index (χ0) is 16.7. The Hall–Kier alpha value is -2.70. The van der Waals surface area contributed by atoms with Crippen LogP contribution in [0.1, 0.15) is 18.5 Å². The van der Waals surface area contributed by atoms with E-state index in [1.807, 2.05) is 13.0 Å². The van der Waals surface area contributed by atoms with E-state index in [1.165, 1.54) is 0 Å². The third-order valence-corrected chi connectivity index (χ3v) is 4.18. The molecule has 5 nitrogen and oxygen atoms in total. The predicted octanol–water partition coefficient (Wildman–Crippen LogP) is 3.89. The van der Waals surface area contributed by atoms with E-state index in [0.29, 0.717) is 17.4 Å². The van der Waals surface area contributed by atoms with Crippen LogP contribution >= 0.6 is 0 Å². The average Bonchev–Trinajstić information content (AvgIpc) is 3.19. The quantitative estimate of drug-likeness (QED) is 0.765. The predicted molar refractivity (Wildman–Crippen MR) is 89.7 cm³/mol. The van der Waals surface area contributed by atoms with Crippen molar-refractivity contribution in [3.05, 3.63) is 41.6 Å². The Balaban J connectivity index is 1.81. The van der Waals surface area contributed by atoms with E-state index in [0.717, 1.165) is 55.2 Å². The van der Waals surface area contributed by atoms with E-state index >= 15 is 0 Å². The molecular weight excluding hydrogens is 312 g/mol. The molecule has 0 atom stereocenters. The fourth-order valence-electron chi connectivity index (χ4n) is 3.00. The number of anilines is 3. The van der Waals surface area contributed by atoms with Crippen molar-refractivity contribution in [1.29, 1.82) is 0 Å². The number of halogens is 2. The molecule has 4 rings (SSSR count). The molecule has 0 bridgehead atoms. The summed E-state index contributed by atoms with van der Waals surface area (Å²) in [4.78, 5) is 14.4. The maximum Gasteiger partial charge on any atom is 0.229 e. The van der Waals surface area contributed by atoms with Gasteiger partial charge in [0.2, 0.25) is 5.95 Å². The fraction of sp³-hybridized carbons (Fsp3) is 0.294. The summed E-state index contributed by atoms with van der Waals surface area (Å²) in [6.45, 7) is 3.72. The van der Waals surface area contributed by atoms with Crippen molar-refractivity contribution in [2.75, 3.05) is 23.3 Å². The first-order chi connectivity index (χ1) is 11.6. The Labute approximate surface area is 137 Å². The van der Waals surface area contributed by atoms with Crippen LogP contribution in [0.25, 0.3) is 11.0 Å². The summed E-state index contributed by atoms with van der Waals surface area (Å²) in [5.41, 5.74) is 1.67. The van der Waals surface area contributed by atoms with Gasteiger partial charge in [0.05, 0.1) is 11.1 Å². The molecule has 0 unspecified atom stereocenters. The molecule has 3 heterocycles. The molecule has 1 aliphatic rings. The minimum absolute atomic E-state index is 0.0567. The van der Waals surface area contributed by atoms with E-state index in [9.17, 15) is 8.78 Å². The van der Waals surface area contributed by atoms with Gasteiger partial charge in [0.25, 0.3) is 0 Å². The lowest BCUT2D eigenvalue weighted by molar-refractivity contribution is 0.603. The second kappa shape index (κ2) is 5.74. The van der Waals surface area contributed by atoms with Crippen molar-refractivity contribution in [2.24, 2.45) is 0 Å². The molecule has 3 aromatic rings. The maximum absolute atomic E-state index is 14.0. The van der Waals surface area contributed by atoms with Gasteiger partial charge in [0, 0.05) is 24.8 Å². The van der Waals surface area contributed by atoms with Crippen molar-refractivity contribution >= 4 is 28.5 Å². The maximum atomic E-state index is 14.0. The Kier molecular flexibility index (Phi) is 3.55. The monoisotopic (exact) mass is 329 g/mol. The molecule has 1 aliphatic heterocycles. The van der Waals surface area contributed by atoms with Gasteiger partial charge in [-0.15, -0.1) is 0 Å². The molecule has 1 fully saturated rings. The average molecular weight is 329 g/mol. The molecule has 0 aliphatic carbocycles. The first kappa shape index (κ1) is 14.9. The van der Waals surface area contributed by atoms with Crippen molar-refractivity contribution < 1.29 is 8.78 Å². The summed E-state index contributed by atoms with van der Waals surface area (Å²) in [5.74, 6) is 0.0317. The van der Waals surface area contributed by atoms with Crippen LogP contribution in [0.5, 0.6) is 0 Å². The van der Waals surface area contributed by atoms with Crippen molar-refractivity contribution in [3.63, 3.8) is 0 Å². The second-order valence-electron chi connectivity index (χ2n) is 6.03. The van der Waals surface area contributed by atoms with E-state index in [2.05, 4.69) is 25.2 Å². The SMILES string of the molecule is Cc1cc2c(Nc3cc(F)ccc3F)nc(N3CCCC3)nc2[nH]1. The van der Waals surface area contributed by atoms with Crippen LogP contribution in [0.3, 0.4) is 0 Å². The highest BCUT2D eigenvalue weighted by atomic mass is 19.1. The van der Waals surface area contributed by atoms with Gasteiger partial charge in [-0.05, 0) is 38.0 Å². The van der Waals surface area contributed by atoms with Crippen LogP contribution in [0, 0.1) is 18.6 Å². The Morgan fingerprint density at radius 3 is 2.71 bits per heavy atom. The number of hydrogen-bond acceptors (Lipinski definition) is 4. The van der Waals surface area contributed by atoms with E-state index < -0.39 is 11.6 Å². The third-order valence-electron chi connectivity index (χ3n) is 4.18. The summed E-state index contributed by atoms with van der Waals surface area (Å²) in [7, 11) is 0. The fourth-order valence-corrected chi connectivity index (χ4v) is 3.00. The number of aromatic nitrogens is 3. The van der Waals surface area contributed by atoms with E-state index in [1.54, 1.807) is 0 Å². The van der Waals surface area contributed by atoms with Crippen LogP contribution in [-0.2, 0) is 0 Å². The smallest absolute Gasteiger partial charge is 0.229 e. The molecule has 0 radical (unpaired) electrons. The molecule has 2 N–H and O–H groups in total. The normalized spacial score (nSPS) is 14.5. The number of aromatic amines is 1. The largest absolute Gasteiger partial charge is 0.343 e. The summed E-state index contributed by atoms with van der Waals surface area (Å²) in [5, 5.41) is 3.67. The molecule has 7 heteroatoms. The van der Waals surface area contributed by atoms with Crippen LogP contribution < -0.4 is 10.2 Å². The van der Waals surface area contributed by atoms with Crippen LogP contribution in [0.15, 0.2) is 24.3 Å². The molecule has 1 saturated heterocycles. The summed E-state index contributed by atoms with van der Waals surface area (Å²) in [6.07, 6.45) is 2.21. The van der Waals surface area contributed by atoms with E-state index in [-0.39, 0.29) is 5.69 Å². The zero-order valence-electron chi connectivity index (χ0n) is 13.2. The van der Waals surface area contributed by atoms with Crippen LogP contribution in [0.2, 0.25) is 0 Å². The molecule has 2 aromatic heterocycles. The standard InChI is InChI=1S/C17H17F2N5/c1-10-8-12-15(20-10)22-17(24-6-2-3-7-24)23-16(12)21-14-9-11(18)4-5-13(14)19/h4-5,8-9H,2-3,6-7H2,1H3,(H2,20,21,22,23). The van der Waals surface area contributed by atoms with Crippen molar-refractivity contribution in [3.8, 4) is 0 Å². The number of H-pyrrole nitrogens is 1. The molecular formula is C17H17F2N5. The van der Waals surface area contributed by atoms with Crippen molar-refractivity contribution in [2.45, 2.75) is 19.8 Å². The third kappa shape index (κ3) is 2.66. The van der Waals surface area contributed by atoms with Gasteiger partial charge in [-0.25, -0.2) is 8.78 Å². The number of nitrogens with one attached hydrogen (secondary N) is 2. The van der Waals surface area contributed by atoms with Gasteiger partial charge in [-0.3, -0.25) is 0 Å². The topological polar surface area (TPSA) is 56.8 Å². The van der Waals surface area contributed by atoms with Gasteiger partial charge in [0.15, 0.2) is 0 Å². The van der Waals surface area contributed by atoms with Gasteiger partial charge < -0.3 is 15.2 Å². The molecule has 24 heavy (non-hydrogen) atoms. The number of nitrogens with zero attached hydrogens (tertiary/aromatic N) is 3. The number of fused-ring (bicyclic) bond motifs is 1. The lowest BCUT2D eigenvalue weighted by Crippen LogP contribution is -2.20. The molecule has 0 amide bonds. The minimum Gasteiger partial charge on any atom is -0.343 e. The Morgan fingerprint density at radius 1 is 1.12 bits per heavy atom. The van der Waals surface area contributed by atoms with Crippen molar-refractivity contribution in [1.82, 2.24) is 15.0 Å². The minimum atomic E-state index is -0.529. The molecule has 1 aromatic carbocycles. The Morgan fingerprint density at radius 2 is 1.92 bits per heavy atom.